The molecule has 0 heterocycles. The first-order valence-electron chi connectivity index (χ1n) is 7.81. The second-order valence-corrected chi connectivity index (χ2v) is 5.49. The van der Waals surface area contributed by atoms with Crippen LogP contribution in [0, 0.1) is 5.92 Å². The summed E-state index contributed by atoms with van der Waals surface area (Å²) < 4.78 is 10.7. The van der Waals surface area contributed by atoms with Gasteiger partial charge in [-0.15, -0.1) is 0 Å². The molecule has 5 heteroatoms. The molecule has 0 aliphatic rings. The normalized spacial score (nSPS) is 11.6. The number of aliphatic imine (C=N–C) groups is 1. The number of ether oxygens (including phenoxy) is 2. The minimum atomic E-state index is 0.571. The maximum Gasteiger partial charge on any atom is 0.191 e. The lowest BCUT2D eigenvalue weighted by Crippen LogP contribution is -2.39. The average Bonchev–Trinajstić information content (AvgIpc) is 2.53. The van der Waals surface area contributed by atoms with Gasteiger partial charge in [0.15, 0.2) is 5.96 Å². The summed E-state index contributed by atoms with van der Waals surface area (Å²) in [6.07, 6.45) is 0.939. The van der Waals surface area contributed by atoms with Crippen LogP contribution in [-0.2, 0) is 11.2 Å². The van der Waals surface area contributed by atoms with E-state index in [0.29, 0.717) is 12.5 Å². The molecule has 0 saturated carbocycles. The highest BCUT2D eigenvalue weighted by molar-refractivity contribution is 5.79. The highest BCUT2D eigenvalue weighted by Crippen LogP contribution is 2.11. The maximum absolute atomic E-state index is 5.53. The van der Waals surface area contributed by atoms with Gasteiger partial charge in [0.2, 0.25) is 0 Å². The molecule has 0 radical (unpaired) electrons. The molecular weight excluding hydrogens is 278 g/mol. The lowest BCUT2D eigenvalue weighted by Gasteiger charge is -2.12. The summed E-state index contributed by atoms with van der Waals surface area (Å²) in [5.41, 5.74) is 1.27. The quantitative estimate of drug-likeness (QED) is 0.417. The fraction of sp³-hybridized carbons (Fsp3) is 0.588. The van der Waals surface area contributed by atoms with Crippen molar-refractivity contribution in [2.24, 2.45) is 10.9 Å². The van der Waals surface area contributed by atoms with Crippen molar-refractivity contribution in [2.45, 2.75) is 20.3 Å². The van der Waals surface area contributed by atoms with Crippen molar-refractivity contribution in [1.82, 2.24) is 10.6 Å². The van der Waals surface area contributed by atoms with Crippen molar-refractivity contribution in [3.8, 4) is 5.75 Å². The third-order valence-corrected chi connectivity index (χ3v) is 3.08. The van der Waals surface area contributed by atoms with Crippen molar-refractivity contribution >= 4 is 5.96 Å². The Morgan fingerprint density at radius 3 is 2.41 bits per heavy atom. The minimum absolute atomic E-state index is 0.571. The van der Waals surface area contributed by atoms with Crippen LogP contribution in [0.2, 0.25) is 0 Å². The van der Waals surface area contributed by atoms with E-state index in [1.807, 2.05) is 12.1 Å². The second kappa shape index (κ2) is 10.9. The van der Waals surface area contributed by atoms with E-state index in [1.54, 1.807) is 14.2 Å². The van der Waals surface area contributed by atoms with Crippen LogP contribution in [0.15, 0.2) is 29.3 Å². The Balaban J connectivity index is 2.17. The third kappa shape index (κ3) is 7.88. The van der Waals surface area contributed by atoms with Gasteiger partial charge >= 0.3 is 0 Å². The van der Waals surface area contributed by atoms with Crippen molar-refractivity contribution in [2.75, 3.05) is 40.5 Å². The highest BCUT2D eigenvalue weighted by atomic mass is 16.5. The van der Waals surface area contributed by atoms with E-state index in [9.17, 15) is 0 Å². The topological polar surface area (TPSA) is 54.9 Å². The minimum Gasteiger partial charge on any atom is -0.497 e. The van der Waals surface area contributed by atoms with Crippen LogP contribution >= 0.6 is 0 Å². The van der Waals surface area contributed by atoms with Gasteiger partial charge in [0.05, 0.1) is 13.7 Å². The molecule has 5 nitrogen and oxygen atoms in total. The lowest BCUT2D eigenvalue weighted by atomic mass is 10.1. The predicted molar refractivity (Wildman–Crippen MR) is 91.7 cm³/mol. The molecule has 0 atom stereocenters. The number of guanidine groups is 1. The zero-order chi connectivity index (χ0) is 16.2. The summed E-state index contributed by atoms with van der Waals surface area (Å²) in [4.78, 5) is 4.20. The molecule has 22 heavy (non-hydrogen) atoms. The molecule has 0 saturated heterocycles. The Morgan fingerprint density at radius 2 is 1.82 bits per heavy atom. The molecule has 2 N–H and O–H groups in total. The lowest BCUT2D eigenvalue weighted by molar-refractivity contribution is 0.114. The number of hydrogen-bond donors (Lipinski definition) is 2. The standard InChI is InChI=1S/C17H29N3O2/c1-14(2)13-22-12-11-20-17(18-3)19-10-9-15-5-7-16(21-4)8-6-15/h5-8,14H,9-13H2,1-4H3,(H2,18,19,20). The molecule has 1 aromatic carbocycles. The summed E-state index contributed by atoms with van der Waals surface area (Å²) in [5.74, 6) is 2.26. The Kier molecular flexibility index (Phi) is 9.07. The Hall–Kier alpha value is -1.75. The van der Waals surface area contributed by atoms with Crippen molar-refractivity contribution < 1.29 is 9.47 Å². The van der Waals surface area contributed by atoms with Gasteiger partial charge in [-0.25, -0.2) is 0 Å². The van der Waals surface area contributed by atoms with E-state index in [-0.39, 0.29) is 0 Å². The maximum atomic E-state index is 5.53. The van der Waals surface area contributed by atoms with Gasteiger partial charge in [-0.1, -0.05) is 26.0 Å². The summed E-state index contributed by atoms with van der Waals surface area (Å²) in [7, 11) is 3.45. The van der Waals surface area contributed by atoms with Crippen LogP contribution in [0.4, 0.5) is 0 Å². The van der Waals surface area contributed by atoms with E-state index in [1.165, 1.54) is 5.56 Å². The Bertz CT molecular complexity index is 430. The molecule has 0 spiro atoms. The summed E-state index contributed by atoms with van der Waals surface area (Å²) >= 11 is 0. The first-order valence-corrected chi connectivity index (χ1v) is 7.81. The van der Waals surface area contributed by atoms with Gasteiger partial charge in [-0.3, -0.25) is 4.99 Å². The monoisotopic (exact) mass is 307 g/mol. The molecule has 124 valence electrons. The smallest absolute Gasteiger partial charge is 0.191 e. The molecule has 0 aromatic heterocycles. The van der Waals surface area contributed by atoms with Crippen LogP contribution in [0.1, 0.15) is 19.4 Å². The highest BCUT2D eigenvalue weighted by Gasteiger charge is 1.99. The van der Waals surface area contributed by atoms with E-state index >= 15 is 0 Å². The molecule has 0 aliphatic heterocycles. The van der Waals surface area contributed by atoms with Gasteiger partial charge in [-0.2, -0.15) is 0 Å². The van der Waals surface area contributed by atoms with Crippen LogP contribution in [-0.4, -0.2) is 46.4 Å². The fourth-order valence-corrected chi connectivity index (χ4v) is 1.90. The predicted octanol–water partition coefficient (Wildman–Crippen LogP) is 2.08. The van der Waals surface area contributed by atoms with Gasteiger partial charge in [0.1, 0.15) is 5.75 Å². The van der Waals surface area contributed by atoms with Crippen LogP contribution in [0.5, 0.6) is 5.75 Å². The number of rotatable bonds is 9. The van der Waals surface area contributed by atoms with Gasteiger partial charge in [0, 0.05) is 26.7 Å². The van der Waals surface area contributed by atoms with Gasteiger partial charge in [0.25, 0.3) is 0 Å². The Morgan fingerprint density at radius 1 is 1.14 bits per heavy atom. The van der Waals surface area contributed by atoms with Crippen molar-refractivity contribution in [1.29, 1.82) is 0 Å². The van der Waals surface area contributed by atoms with Crippen molar-refractivity contribution in [3.05, 3.63) is 29.8 Å². The molecule has 0 unspecified atom stereocenters. The number of methoxy groups -OCH3 is 1. The number of benzene rings is 1. The average molecular weight is 307 g/mol. The molecule has 0 fully saturated rings. The molecule has 1 aromatic rings. The zero-order valence-corrected chi connectivity index (χ0v) is 14.2. The van der Waals surface area contributed by atoms with E-state index in [4.69, 9.17) is 9.47 Å². The number of nitrogens with zero attached hydrogens (tertiary/aromatic N) is 1. The largest absolute Gasteiger partial charge is 0.497 e. The summed E-state index contributed by atoms with van der Waals surface area (Å²) in [6, 6.07) is 8.12. The summed E-state index contributed by atoms with van der Waals surface area (Å²) in [6.45, 7) is 7.37. The number of nitrogens with one attached hydrogen (secondary N) is 2. The molecule has 0 aliphatic carbocycles. The molecule has 0 amide bonds. The van der Waals surface area contributed by atoms with Crippen LogP contribution in [0.3, 0.4) is 0 Å². The molecule has 0 bridgehead atoms. The second-order valence-electron chi connectivity index (χ2n) is 5.49. The van der Waals surface area contributed by atoms with E-state index in [2.05, 4.69) is 41.6 Å². The molecule has 1 rings (SSSR count). The first kappa shape index (κ1) is 18.3. The third-order valence-electron chi connectivity index (χ3n) is 3.08. The number of hydrogen-bond acceptors (Lipinski definition) is 3. The van der Waals surface area contributed by atoms with Crippen LogP contribution in [0.25, 0.3) is 0 Å². The zero-order valence-electron chi connectivity index (χ0n) is 14.2. The fourth-order valence-electron chi connectivity index (χ4n) is 1.90. The molecular formula is C17H29N3O2. The first-order chi connectivity index (χ1) is 10.7. The summed E-state index contributed by atoms with van der Waals surface area (Å²) in [5, 5.41) is 6.54. The van der Waals surface area contributed by atoms with Crippen molar-refractivity contribution in [3.63, 3.8) is 0 Å². The van der Waals surface area contributed by atoms with E-state index < -0.39 is 0 Å². The SMILES string of the molecule is CN=C(NCCOCC(C)C)NCCc1ccc(OC)cc1. The van der Waals surface area contributed by atoms with E-state index in [0.717, 1.165) is 37.8 Å². The van der Waals surface area contributed by atoms with Gasteiger partial charge < -0.3 is 20.1 Å². The van der Waals surface area contributed by atoms with Gasteiger partial charge in [-0.05, 0) is 30.0 Å². The van der Waals surface area contributed by atoms with Crippen LogP contribution < -0.4 is 15.4 Å². The Labute approximate surface area is 134 Å².